The van der Waals surface area contributed by atoms with Crippen molar-refractivity contribution in [3.63, 3.8) is 0 Å². The van der Waals surface area contributed by atoms with Crippen molar-refractivity contribution in [1.29, 1.82) is 0 Å². The van der Waals surface area contributed by atoms with E-state index in [1.807, 2.05) is 0 Å². The van der Waals surface area contributed by atoms with Crippen molar-refractivity contribution in [3.8, 4) is 11.1 Å². The van der Waals surface area contributed by atoms with Crippen molar-refractivity contribution < 1.29 is 0 Å². The molecule has 5 N–H and O–H groups in total. The molecule has 0 fully saturated rings. The normalized spacial score (nSPS) is 15.4. The lowest BCUT2D eigenvalue weighted by atomic mass is 9.85. The van der Waals surface area contributed by atoms with Crippen LogP contribution in [0.4, 0.5) is 0 Å². The molecule has 1 unspecified atom stereocenters. The summed E-state index contributed by atoms with van der Waals surface area (Å²) in [5.74, 6) is 0. The van der Waals surface area contributed by atoms with Gasteiger partial charge in [0.2, 0.25) is 0 Å². The van der Waals surface area contributed by atoms with Gasteiger partial charge in [-0.2, -0.15) is 0 Å². The summed E-state index contributed by atoms with van der Waals surface area (Å²) in [5.41, 5.74) is 27.6. The minimum Gasteiger partial charge on any atom is -0.405 e. The van der Waals surface area contributed by atoms with Crippen LogP contribution in [-0.4, -0.2) is 6.54 Å². The first kappa shape index (κ1) is 33.1. The molecule has 250 valence electrons. The fourth-order valence-electron chi connectivity index (χ4n) is 7.27. The third-order valence-corrected chi connectivity index (χ3v) is 10.3. The van der Waals surface area contributed by atoms with E-state index in [1.54, 1.807) is 6.20 Å². The maximum Gasteiger partial charge on any atom is 0.0537 e. The second kappa shape index (κ2) is 15.4. The van der Waals surface area contributed by atoms with Gasteiger partial charge in [0.25, 0.3) is 0 Å². The summed E-state index contributed by atoms with van der Waals surface area (Å²) < 4.78 is 0. The molecular weight excluding hydrogens is 607 g/mol. The molecule has 0 radical (unpaired) electrons. The van der Waals surface area contributed by atoms with E-state index >= 15 is 0 Å². The van der Waals surface area contributed by atoms with Crippen LogP contribution in [0, 0.1) is 0 Å². The van der Waals surface area contributed by atoms with Crippen LogP contribution in [0.15, 0.2) is 151 Å². The Kier molecular flexibility index (Phi) is 10.2. The second-order valence-electron chi connectivity index (χ2n) is 13.7. The molecule has 0 heterocycles. The van der Waals surface area contributed by atoms with Crippen molar-refractivity contribution in [1.82, 2.24) is 5.32 Å². The number of fused-ring (bicyclic) bond motifs is 2. The lowest BCUT2D eigenvalue weighted by molar-refractivity contribution is 0.650. The van der Waals surface area contributed by atoms with Crippen molar-refractivity contribution in [2.75, 3.05) is 6.54 Å². The fourth-order valence-corrected chi connectivity index (χ4v) is 7.27. The van der Waals surface area contributed by atoms with Crippen molar-refractivity contribution >= 4 is 28.1 Å². The summed E-state index contributed by atoms with van der Waals surface area (Å²) >= 11 is 0. The molecule has 0 bridgehead atoms. The highest BCUT2D eigenvalue weighted by Crippen LogP contribution is 2.34. The minimum atomic E-state index is -0.0507. The highest BCUT2D eigenvalue weighted by molar-refractivity contribution is 5.86. The summed E-state index contributed by atoms with van der Waals surface area (Å²) in [4.78, 5) is 0. The summed E-state index contributed by atoms with van der Waals surface area (Å²) in [5, 5.41) is 6.37. The smallest absolute Gasteiger partial charge is 0.0537 e. The Hall–Kier alpha value is -5.38. The first-order chi connectivity index (χ1) is 24.6. The monoisotopic (exact) mass is 653 g/mol. The Balaban J connectivity index is 1.11. The number of allylic oxidation sites excluding steroid dienone is 5. The number of hydrogen-bond donors (Lipinski definition) is 3. The van der Waals surface area contributed by atoms with Gasteiger partial charge in [0, 0.05) is 12.2 Å². The molecule has 7 rings (SSSR count). The number of nitrogens with two attached hydrogens (primary N) is 2. The molecule has 0 aromatic heterocycles. The zero-order chi connectivity index (χ0) is 34.3. The second-order valence-corrected chi connectivity index (χ2v) is 13.7. The van der Waals surface area contributed by atoms with Gasteiger partial charge in [0.1, 0.15) is 0 Å². The van der Waals surface area contributed by atoms with Crippen LogP contribution in [0.5, 0.6) is 0 Å². The summed E-state index contributed by atoms with van der Waals surface area (Å²) in [6.07, 6.45) is 19.5. The third-order valence-electron chi connectivity index (χ3n) is 10.3. The first-order valence-corrected chi connectivity index (χ1v) is 18.0. The summed E-state index contributed by atoms with van der Waals surface area (Å²) in [6.45, 7) is 2.88. The van der Waals surface area contributed by atoms with Gasteiger partial charge in [-0.3, -0.25) is 0 Å². The van der Waals surface area contributed by atoms with E-state index in [4.69, 9.17) is 11.5 Å². The van der Waals surface area contributed by atoms with Gasteiger partial charge in [-0.05, 0) is 119 Å². The molecule has 2 aliphatic rings. The predicted molar refractivity (Wildman–Crippen MR) is 214 cm³/mol. The zero-order valence-corrected chi connectivity index (χ0v) is 29.0. The van der Waals surface area contributed by atoms with Gasteiger partial charge >= 0.3 is 0 Å². The number of nitrogens with one attached hydrogen (secondary N) is 1. The highest BCUT2D eigenvalue weighted by atomic mass is 14.9. The Bertz CT molecular complexity index is 2120. The number of rotatable bonds is 11. The Morgan fingerprint density at radius 1 is 0.800 bits per heavy atom. The van der Waals surface area contributed by atoms with E-state index < -0.39 is 0 Å². The standard InChI is InChI=1S/C47H47N3/c1-33(31-48)16-17-34-18-22-36(23-19-34)37-26-28-41(29-27-37)46(49)30-47(45-15-7-11-39-9-3-5-13-44(39)45)50-32-35-20-24-40(25-21-35)43-14-6-10-38-8-2-4-12-42(38)43/h2-3,5-11,13-15,18-20,22-24,26-31,47,50H,4,12,16-17,21,25,32,48-49H2,1H3/b33-31-,46-30-. The lowest BCUT2D eigenvalue weighted by Gasteiger charge is -2.23. The van der Waals surface area contributed by atoms with Crippen LogP contribution < -0.4 is 16.8 Å². The van der Waals surface area contributed by atoms with Crippen LogP contribution in [0.25, 0.3) is 39.2 Å². The average molecular weight is 654 g/mol. The van der Waals surface area contributed by atoms with E-state index in [-0.39, 0.29) is 6.04 Å². The molecule has 3 nitrogen and oxygen atoms in total. The van der Waals surface area contributed by atoms with E-state index in [9.17, 15) is 0 Å². The molecule has 50 heavy (non-hydrogen) atoms. The predicted octanol–water partition coefficient (Wildman–Crippen LogP) is 10.7. The Morgan fingerprint density at radius 2 is 1.56 bits per heavy atom. The molecule has 0 saturated heterocycles. The maximum atomic E-state index is 6.88. The number of hydrogen-bond acceptors (Lipinski definition) is 3. The van der Waals surface area contributed by atoms with Crippen LogP contribution in [0.1, 0.15) is 72.0 Å². The van der Waals surface area contributed by atoms with Crippen molar-refractivity contribution in [2.45, 2.75) is 51.5 Å². The quantitative estimate of drug-likeness (QED) is 0.133. The SMILES string of the molecule is C/C(=C/N)CCc1ccc(-c2ccc(/C(N)=C/C(NCC3=CC=C(c4cccc5c4CCC=C5)CC3)c3cccc4ccccc34)cc2)cc1. The topological polar surface area (TPSA) is 64.1 Å². The zero-order valence-electron chi connectivity index (χ0n) is 29.0. The molecule has 5 aromatic rings. The minimum absolute atomic E-state index is 0.0507. The van der Waals surface area contributed by atoms with Gasteiger partial charge in [0.05, 0.1) is 6.04 Å². The molecule has 2 aliphatic carbocycles. The molecule has 0 amide bonds. The summed E-state index contributed by atoms with van der Waals surface area (Å²) in [6, 6.07) is 39.3. The summed E-state index contributed by atoms with van der Waals surface area (Å²) in [7, 11) is 0. The van der Waals surface area contributed by atoms with Crippen LogP contribution in [0.2, 0.25) is 0 Å². The number of benzene rings is 5. The van der Waals surface area contributed by atoms with Crippen LogP contribution in [0.3, 0.4) is 0 Å². The molecule has 5 aromatic carbocycles. The largest absolute Gasteiger partial charge is 0.405 e. The van der Waals surface area contributed by atoms with Gasteiger partial charge in [0.15, 0.2) is 0 Å². The van der Waals surface area contributed by atoms with Crippen molar-refractivity contribution in [2.24, 2.45) is 11.5 Å². The molecule has 0 saturated carbocycles. The van der Waals surface area contributed by atoms with Gasteiger partial charge < -0.3 is 16.8 Å². The Morgan fingerprint density at radius 3 is 2.34 bits per heavy atom. The molecule has 0 spiro atoms. The average Bonchev–Trinajstić information content (AvgIpc) is 3.18. The molecule has 3 heteroatoms. The van der Waals surface area contributed by atoms with Crippen molar-refractivity contribution in [3.05, 3.63) is 184 Å². The van der Waals surface area contributed by atoms with Gasteiger partial charge in [-0.25, -0.2) is 0 Å². The van der Waals surface area contributed by atoms with E-state index in [1.165, 1.54) is 66.4 Å². The molecular formula is C47H47N3. The van der Waals surface area contributed by atoms with E-state index in [0.29, 0.717) is 0 Å². The van der Waals surface area contributed by atoms with E-state index in [0.717, 1.165) is 56.3 Å². The van der Waals surface area contributed by atoms with Gasteiger partial charge in [-0.15, -0.1) is 0 Å². The highest BCUT2D eigenvalue weighted by Gasteiger charge is 2.17. The third kappa shape index (κ3) is 7.59. The maximum absolute atomic E-state index is 6.88. The first-order valence-electron chi connectivity index (χ1n) is 18.0. The lowest BCUT2D eigenvalue weighted by Crippen LogP contribution is -2.24. The van der Waals surface area contributed by atoms with Crippen LogP contribution >= 0.6 is 0 Å². The Labute approximate surface area is 297 Å². The van der Waals surface area contributed by atoms with Gasteiger partial charge in [-0.1, -0.05) is 145 Å². The molecule has 0 aliphatic heterocycles. The van der Waals surface area contributed by atoms with E-state index in [2.05, 4.69) is 152 Å². The fraction of sp³-hybridized carbons (Fsp3) is 0.191. The number of aryl methyl sites for hydroxylation is 1. The van der Waals surface area contributed by atoms with Crippen LogP contribution in [-0.2, 0) is 12.8 Å². The molecule has 1 atom stereocenters.